The summed E-state index contributed by atoms with van der Waals surface area (Å²) in [7, 11) is 0. The van der Waals surface area contributed by atoms with E-state index in [0.29, 0.717) is 45.1 Å². The summed E-state index contributed by atoms with van der Waals surface area (Å²) in [4.78, 5) is 36.5. The summed E-state index contributed by atoms with van der Waals surface area (Å²) in [5.41, 5.74) is 0.335. The molecule has 0 spiro atoms. The van der Waals surface area contributed by atoms with Crippen LogP contribution in [0.15, 0.2) is 18.6 Å². The lowest BCUT2D eigenvalue weighted by atomic mass is 9.96. The Labute approximate surface area is 129 Å². The number of carbonyl (C=O) groups excluding carboxylic acids is 2. The van der Waals surface area contributed by atoms with Crippen molar-refractivity contribution in [3.63, 3.8) is 0 Å². The fourth-order valence-corrected chi connectivity index (χ4v) is 2.98. The Bertz CT molecular complexity index is 531. The van der Waals surface area contributed by atoms with Gasteiger partial charge in [0.15, 0.2) is 0 Å². The molecule has 2 saturated heterocycles. The molecule has 0 radical (unpaired) electrons. The van der Waals surface area contributed by atoms with Crippen LogP contribution in [0.4, 0.5) is 0 Å². The number of aromatic nitrogens is 2. The average molecular weight is 304 g/mol. The van der Waals surface area contributed by atoms with Crippen molar-refractivity contribution in [3.8, 4) is 0 Å². The minimum atomic E-state index is -0.146. The van der Waals surface area contributed by atoms with Gasteiger partial charge in [-0.05, 0) is 12.8 Å². The molecule has 0 N–H and O–H groups in total. The minimum Gasteiger partial charge on any atom is -0.378 e. The van der Waals surface area contributed by atoms with Crippen LogP contribution >= 0.6 is 0 Å². The maximum absolute atomic E-state index is 12.6. The van der Waals surface area contributed by atoms with Gasteiger partial charge in [0, 0.05) is 38.6 Å². The molecular weight excluding hydrogens is 284 g/mol. The molecule has 3 heterocycles. The molecule has 2 aliphatic rings. The molecule has 1 aromatic rings. The highest BCUT2D eigenvalue weighted by Gasteiger charge is 2.32. The molecule has 1 aromatic heterocycles. The van der Waals surface area contributed by atoms with Gasteiger partial charge in [-0.1, -0.05) is 0 Å². The van der Waals surface area contributed by atoms with E-state index in [0.717, 1.165) is 12.8 Å². The van der Waals surface area contributed by atoms with Gasteiger partial charge >= 0.3 is 0 Å². The van der Waals surface area contributed by atoms with E-state index >= 15 is 0 Å². The van der Waals surface area contributed by atoms with Crippen LogP contribution in [0.1, 0.15) is 23.3 Å². The highest BCUT2D eigenvalue weighted by Crippen LogP contribution is 2.20. The molecule has 2 fully saturated rings. The second kappa shape index (κ2) is 6.83. The summed E-state index contributed by atoms with van der Waals surface area (Å²) >= 11 is 0. The first-order valence-corrected chi connectivity index (χ1v) is 7.67. The lowest BCUT2D eigenvalue weighted by Gasteiger charge is -2.36. The van der Waals surface area contributed by atoms with Crippen molar-refractivity contribution in [2.45, 2.75) is 12.8 Å². The Balaban J connectivity index is 1.63. The number of hydrogen-bond donors (Lipinski definition) is 0. The summed E-state index contributed by atoms with van der Waals surface area (Å²) in [5, 5.41) is 0. The van der Waals surface area contributed by atoms with Crippen molar-refractivity contribution in [2.75, 3.05) is 39.4 Å². The van der Waals surface area contributed by atoms with E-state index in [1.807, 2.05) is 4.90 Å². The van der Waals surface area contributed by atoms with Crippen LogP contribution in [0, 0.1) is 5.92 Å². The highest BCUT2D eigenvalue weighted by molar-refractivity contribution is 5.92. The van der Waals surface area contributed by atoms with Crippen LogP contribution in [-0.4, -0.2) is 71.0 Å². The van der Waals surface area contributed by atoms with Gasteiger partial charge in [0.1, 0.15) is 5.69 Å². The van der Waals surface area contributed by atoms with E-state index in [1.165, 1.54) is 18.6 Å². The molecule has 7 nitrogen and oxygen atoms in total. The third-order valence-electron chi connectivity index (χ3n) is 4.16. The Hall–Kier alpha value is -2.02. The fourth-order valence-electron chi connectivity index (χ4n) is 2.98. The number of ether oxygens (including phenoxy) is 1. The molecule has 7 heteroatoms. The Morgan fingerprint density at radius 2 is 1.95 bits per heavy atom. The molecule has 1 unspecified atom stereocenters. The molecule has 2 amide bonds. The third kappa shape index (κ3) is 3.24. The Morgan fingerprint density at radius 1 is 1.14 bits per heavy atom. The zero-order valence-corrected chi connectivity index (χ0v) is 12.5. The van der Waals surface area contributed by atoms with Crippen molar-refractivity contribution in [2.24, 2.45) is 5.92 Å². The van der Waals surface area contributed by atoms with E-state index in [4.69, 9.17) is 4.74 Å². The van der Waals surface area contributed by atoms with Gasteiger partial charge in [-0.3, -0.25) is 14.6 Å². The number of rotatable bonds is 2. The van der Waals surface area contributed by atoms with Gasteiger partial charge in [-0.25, -0.2) is 4.98 Å². The monoisotopic (exact) mass is 304 g/mol. The topological polar surface area (TPSA) is 75.6 Å². The van der Waals surface area contributed by atoms with Crippen LogP contribution in [0.3, 0.4) is 0 Å². The molecule has 0 aliphatic carbocycles. The average Bonchev–Trinajstić information content (AvgIpc) is 2.62. The maximum atomic E-state index is 12.6. The largest absolute Gasteiger partial charge is 0.378 e. The van der Waals surface area contributed by atoms with Crippen molar-refractivity contribution < 1.29 is 14.3 Å². The van der Waals surface area contributed by atoms with Gasteiger partial charge in [-0.2, -0.15) is 0 Å². The molecular formula is C15H20N4O3. The standard InChI is InChI=1S/C15H20N4O3/c20-14(18-6-8-22-9-7-18)12-2-1-5-19(11-12)15(21)13-10-16-3-4-17-13/h3-4,10,12H,1-2,5-9,11H2. The van der Waals surface area contributed by atoms with Crippen LogP contribution < -0.4 is 0 Å². The van der Waals surface area contributed by atoms with Gasteiger partial charge in [0.2, 0.25) is 5.91 Å². The predicted molar refractivity (Wildman–Crippen MR) is 78.1 cm³/mol. The van der Waals surface area contributed by atoms with Crippen molar-refractivity contribution in [1.82, 2.24) is 19.8 Å². The zero-order chi connectivity index (χ0) is 15.4. The Kier molecular flexibility index (Phi) is 4.62. The summed E-state index contributed by atoms with van der Waals surface area (Å²) < 4.78 is 5.28. The van der Waals surface area contributed by atoms with Crippen molar-refractivity contribution in [1.29, 1.82) is 0 Å². The Morgan fingerprint density at radius 3 is 2.68 bits per heavy atom. The second-order valence-electron chi connectivity index (χ2n) is 5.62. The molecule has 22 heavy (non-hydrogen) atoms. The van der Waals surface area contributed by atoms with E-state index in [9.17, 15) is 9.59 Å². The lowest BCUT2D eigenvalue weighted by Crippen LogP contribution is -2.49. The van der Waals surface area contributed by atoms with Crippen LogP contribution in [0.5, 0.6) is 0 Å². The van der Waals surface area contributed by atoms with Gasteiger partial charge in [0.25, 0.3) is 5.91 Å². The highest BCUT2D eigenvalue weighted by atomic mass is 16.5. The number of morpholine rings is 1. The normalized spacial score (nSPS) is 22.5. The van der Waals surface area contributed by atoms with Crippen LogP contribution in [0.2, 0.25) is 0 Å². The molecule has 1 atom stereocenters. The van der Waals surface area contributed by atoms with Gasteiger partial charge < -0.3 is 14.5 Å². The predicted octanol–water partition coefficient (Wildman–Crippen LogP) is 0.188. The van der Waals surface area contributed by atoms with Gasteiger partial charge in [-0.15, -0.1) is 0 Å². The second-order valence-corrected chi connectivity index (χ2v) is 5.62. The van der Waals surface area contributed by atoms with E-state index in [-0.39, 0.29) is 17.7 Å². The molecule has 0 aromatic carbocycles. The number of amides is 2. The molecule has 3 rings (SSSR count). The van der Waals surface area contributed by atoms with E-state index < -0.39 is 0 Å². The fraction of sp³-hybridized carbons (Fsp3) is 0.600. The molecule has 118 valence electrons. The van der Waals surface area contributed by atoms with Crippen molar-refractivity contribution >= 4 is 11.8 Å². The smallest absolute Gasteiger partial charge is 0.274 e. The SMILES string of the molecule is O=C(c1cnccn1)N1CCCC(C(=O)N2CCOCC2)C1. The first-order chi connectivity index (χ1) is 10.8. The summed E-state index contributed by atoms with van der Waals surface area (Å²) in [6.45, 7) is 3.62. The maximum Gasteiger partial charge on any atom is 0.274 e. The molecule has 0 saturated carbocycles. The lowest BCUT2D eigenvalue weighted by molar-refractivity contribution is -0.141. The number of carbonyl (C=O) groups is 2. The zero-order valence-electron chi connectivity index (χ0n) is 12.5. The van der Waals surface area contributed by atoms with E-state index in [2.05, 4.69) is 9.97 Å². The first kappa shape index (κ1) is 14.9. The quantitative estimate of drug-likeness (QED) is 0.779. The number of hydrogen-bond acceptors (Lipinski definition) is 5. The van der Waals surface area contributed by atoms with Gasteiger partial charge in [0.05, 0.1) is 25.3 Å². The molecule has 0 bridgehead atoms. The summed E-state index contributed by atoms with van der Waals surface area (Å²) in [6, 6.07) is 0. The van der Waals surface area contributed by atoms with Crippen molar-refractivity contribution in [3.05, 3.63) is 24.3 Å². The first-order valence-electron chi connectivity index (χ1n) is 7.67. The number of likely N-dealkylation sites (tertiary alicyclic amines) is 1. The van der Waals surface area contributed by atoms with Crippen LogP contribution in [0.25, 0.3) is 0 Å². The third-order valence-corrected chi connectivity index (χ3v) is 4.16. The van der Waals surface area contributed by atoms with Crippen LogP contribution in [-0.2, 0) is 9.53 Å². The number of piperidine rings is 1. The summed E-state index contributed by atoms with van der Waals surface area (Å²) in [5.74, 6) is -0.125. The minimum absolute atomic E-state index is 0.118. The van der Waals surface area contributed by atoms with E-state index in [1.54, 1.807) is 4.90 Å². The summed E-state index contributed by atoms with van der Waals surface area (Å²) in [6.07, 6.45) is 6.19. The molecule has 2 aliphatic heterocycles. The number of nitrogens with zero attached hydrogens (tertiary/aromatic N) is 4.